The lowest BCUT2D eigenvalue weighted by Gasteiger charge is -2.35. The number of hydrogen-bond acceptors (Lipinski definition) is 12. The first kappa shape index (κ1) is 51.2. The number of rotatable bonds is 15. The zero-order valence-electron chi connectivity index (χ0n) is 38.8. The number of halogens is 1. The number of carbonyl (C=O) groups is 5. The Bertz CT molecular complexity index is 1970. The molecule has 64 heavy (non-hydrogen) atoms. The van der Waals surface area contributed by atoms with Crippen LogP contribution in [0, 0.1) is 17.3 Å². The number of cyclic esters (lactones) is 2. The van der Waals surface area contributed by atoms with Gasteiger partial charge in [0.2, 0.25) is 17.7 Å². The van der Waals surface area contributed by atoms with Gasteiger partial charge < -0.3 is 34.5 Å². The van der Waals surface area contributed by atoms with Gasteiger partial charge in [0, 0.05) is 69.2 Å². The first-order valence-electron chi connectivity index (χ1n) is 22.2. The summed E-state index contributed by atoms with van der Waals surface area (Å²) in [4.78, 5) is 71.8. The Morgan fingerprint density at radius 1 is 1.00 bits per heavy atom. The van der Waals surface area contributed by atoms with E-state index in [1.165, 1.54) is 18.7 Å². The molecule has 3 amide bonds. The summed E-state index contributed by atoms with van der Waals surface area (Å²) in [5, 5.41) is 5.95. The summed E-state index contributed by atoms with van der Waals surface area (Å²) < 4.78 is 23.6. The molecule has 0 radical (unpaired) electrons. The van der Waals surface area contributed by atoms with Crippen LogP contribution in [0.15, 0.2) is 54.6 Å². The van der Waals surface area contributed by atoms with E-state index < -0.39 is 47.4 Å². The van der Waals surface area contributed by atoms with Crippen molar-refractivity contribution in [2.75, 3.05) is 46.1 Å². The second-order valence-corrected chi connectivity index (χ2v) is 22.3. The highest BCUT2D eigenvalue weighted by atomic mass is 35.5. The zero-order valence-corrected chi connectivity index (χ0v) is 41.2. The maximum absolute atomic E-state index is 13.9. The van der Waals surface area contributed by atoms with E-state index in [2.05, 4.69) is 59.9 Å². The molecular formula is C48H67ClN4O9S2. The van der Waals surface area contributed by atoms with E-state index >= 15 is 0 Å². The van der Waals surface area contributed by atoms with E-state index in [-0.39, 0.29) is 60.5 Å². The largest absolute Gasteiger partial charge is 0.495 e. The predicted molar refractivity (Wildman–Crippen MR) is 253 cm³/mol. The maximum atomic E-state index is 13.9. The van der Waals surface area contributed by atoms with Crippen LogP contribution in [-0.4, -0.2) is 115 Å². The molecule has 2 fully saturated rings. The van der Waals surface area contributed by atoms with Gasteiger partial charge in [0.25, 0.3) is 0 Å². The minimum atomic E-state index is -1.23. The molecule has 5 rings (SSSR count). The molecule has 3 heterocycles. The molecule has 2 N–H and O–H groups in total. The molecule has 2 saturated heterocycles. The Labute approximate surface area is 392 Å². The number of amides is 3. The van der Waals surface area contributed by atoms with Crippen LogP contribution in [0.25, 0.3) is 0 Å². The summed E-state index contributed by atoms with van der Waals surface area (Å²) >= 11 is 6.38. The second kappa shape index (κ2) is 23.1. The van der Waals surface area contributed by atoms with Gasteiger partial charge in [0.1, 0.15) is 24.0 Å². The van der Waals surface area contributed by atoms with E-state index in [0.29, 0.717) is 22.8 Å². The van der Waals surface area contributed by atoms with Crippen LogP contribution in [-0.2, 0) is 51.1 Å². The van der Waals surface area contributed by atoms with Gasteiger partial charge in [-0.05, 0) is 87.6 Å². The van der Waals surface area contributed by atoms with E-state index in [4.69, 9.17) is 30.5 Å². The molecule has 0 saturated carbocycles. The Morgan fingerprint density at radius 3 is 2.33 bits per heavy atom. The van der Waals surface area contributed by atoms with E-state index in [9.17, 15) is 24.0 Å². The molecule has 6 atom stereocenters. The molecule has 0 spiro atoms. The number of benzene rings is 2. The summed E-state index contributed by atoms with van der Waals surface area (Å²) in [6.07, 6.45) is 4.56. The van der Waals surface area contributed by atoms with Gasteiger partial charge in [0.05, 0.1) is 23.7 Å². The van der Waals surface area contributed by atoms with E-state index in [1.54, 1.807) is 48.9 Å². The van der Waals surface area contributed by atoms with Crippen molar-refractivity contribution in [1.29, 1.82) is 0 Å². The molecule has 0 aliphatic carbocycles. The van der Waals surface area contributed by atoms with Gasteiger partial charge in [-0.3, -0.25) is 24.1 Å². The summed E-state index contributed by atoms with van der Waals surface area (Å²) in [6, 6.07) is 12.5. The van der Waals surface area contributed by atoms with Gasteiger partial charge in [0.15, 0.2) is 6.10 Å². The molecule has 2 aromatic carbocycles. The third kappa shape index (κ3) is 14.9. The molecule has 0 bridgehead atoms. The SMILES string of the molecule is COc1ccc(C[C@H]2NC(=O)/C=C/C[C@@H]([C@H](C)[C@@H]3O[C@@H]3c3ccc(CN4CCN(C(=O)CCC(C)(C)SSC)CC4)cc3)OC(=O)[C@H](CC(C)C)OC(=O)C(C)(C)CNC2=O)cc1Cl. The average Bonchev–Trinajstić information content (AvgIpc) is 4.05. The van der Waals surface area contributed by atoms with Crippen molar-refractivity contribution in [3.8, 4) is 5.75 Å². The summed E-state index contributed by atoms with van der Waals surface area (Å²) in [5.74, 6) is -1.97. The number of epoxide rings is 1. The Hall–Kier alpha value is -3.76. The molecule has 0 aromatic heterocycles. The number of methoxy groups -OCH3 is 1. The normalized spacial score (nSPS) is 24.9. The van der Waals surface area contributed by atoms with Gasteiger partial charge >= 0.3 is 11.9 Å². The van der Waals surface area contributed by atoms with Crippen LogP contribution < -0.4 is 15.4 Å². The van der Waals surface area contributed by atoms with Crippen molar-refractivity contribution in [2.24, 2.45) is 17.3 Å². The van der Waals surface area contributed by atoms with Crippen LogP contribution in [0.3, 0.4) is 0 Å². The Kier molecular flexibility index (Phi) is 18.5. The highest BCUT2D eigenvalue weighted by Crippen LogP contribution is 2.45. The lowest BCUT2D eigenvalue weighted by Crippen LogP contribution is -2.51. The number of nitrogens with zero attached hydrogens (tertiary/aromatic N) is 2. The monoisotopic (exact) mass is 942 g/mol. The highest BCUT2D eigenvalue weighted by Gasteiger charge is 2.48. The number of nitrogens with one attached hydrogen (secondary N) is 2. The third-order valence-corrected chi connectivity index (χ3v) is 14.9. The van der Waals surface area contributed by atoms with Crippen LogP contribution in [0.1, 0.15) is 96.9 Å². The summed E-state index contributed by atoms with van der Waals surface area (Å²) in [5.41, 5.74) is 1.63. The molecule has 0 unspecified atom stereocenters. The molecule has 13 nitrogen and oxygen atoms in total. The maximum Gasteiger partial charge on any atom is 0.347 e. The number of piperazine rings is 1. The van der Waals surface area contributed by atoms with Crippen molar-refractivity contribution < 1.29 is 42.9 Å². The first-order chi connectivity index (χ1) is 30.3. The van der Waals surface area contributed by atoms with Crippen LogP contribution >= 0.6 is 33.2 Å². The van der Waals surface area contributed by atoms with Crippen molar-refractivity contribution in [2.45, 2.75) is 122 Å². The van der Waals surface area contributed by atoms with E-state index in [0.717, 1.165) is 44.7 Å². The summed E-state index contributed by atoms with van der Waals surface area (Å²) in [6.45, 7) is 17.2. The predicted octanol–water partition coefficient (Wildman–Crippen LogP) is 7.34. The van der Waals surface area contributed by atoms with E-state index in [1.807, 2.05) is 36.5 Å². The van der Waals surface area contributed by atoms with Crippen LogP contribution in [0.5, 0.6) is 5.75 Å². The topological polar surface area (TPSA) is 156 Å². The Balaban J connectivity index is 1.25. The fourth-order valence-corrected chi connectivity index (χ4v) is 10.4. The lowest BCUT2D eigenvalue weighted by atomic mass is 9.92. The molecule has 2 aromatic rings. The van der Waals surface area contributed by atoms with Crippen molar-refractivity contribution in [3.63, 3.8) is 0 Å². The fraction of sp³-hybridized carbons (Fsp3) is 0.604. The smallest absolute Gasteiger partial charge is 0.347 e. The fourth-order valence-electron chi connectivity index (χ4n) is 7.88. The minimum absolute atomic E-state index is 0.00463. The van der Waals surface area contributed by atoms with Crippen molar-refractivity contribution >= 4 is 62.8 Å². The first-order valence-corrected chi connectivity index (χ1v) is 25.2. The van der Waals surface area contributed by atoms with Gasteiger partial charge in [-0.1, -0.05) is 90.4 Å². The highest BCUT2D eigenvalue weighted by molar-refractivity contribution is 8.76. The number of esters is 2. The molecule has 352 valence electrons. The molecular weight excluding hydrogens is 876 g/mol. The summed E-state index contributed by atoms with van der Waals surface area (Å²) in [7, 11) is 5.06. The van der Waals surface area contributed by atoms with Crippen molar-refractivity contribution in [3.05, 3.63) is 76.3 Å². The van der Waals surface area contributed by atoms with Crippen LogP contribution in [0.4, 0.5) is 0 Å². The number of carbonyl (C=O) groups excluding carboxylic acids is 5. The minimum Gasteiger partial charge on any atom is -0.495 e. The van der Waals surface area contributed by atoms with Gasteiger partial charge in [-0.25, -0.2) is 4.79 Å². The molecule has 3 aliphatic heterocycles. The van der Waals surface area contributed by atoms with Crippen LogP contribution in [0.2, 0.25) is 5.02 Å². The molecule has 3 aliphatic rings. The Morgan fingerprint density at radius 2 is 1.69 bits per heavy atom. The van der Waals surface area contributed by atoms with Gasteiger partial charge in [-0.2, -0.15) is 0 Å². The second-order valence-electron chi connectivity index (χ2n) is 18.8. The third-order valence-electron chi connectivity index (χ3n) is 12.0. The van der Waals surface area contributed by atoms with Gasteiger partial charge in [-0.15, -0.1) is 0 Å². The zero-order chi connectivity index (χ0) is 46.8. The number of hydrogen-bond donors (Lipinski definition) is 2. The quantitative estimate of drug-likeness (QED) is 0.104. The lowest BCUT2D eigenvalue weighted by molar-refractivity contribution is -0.179. The number of ether oxygens (including phenoxy) is 4. The molecule has 16 heteroatoms. The van der Waals surface area contributed by atoms with Crippen molar-refractivity contribution in [1.82, 2.24) is 20.4 Å². The average molecular weight is 944 g/mol. The standard InChI is InChI=1S/C48H67ClN4O9S2/c1-30(2)25-39-45(57)60-37(11-10-12-40(54)51-36(27-33-15-18-38(59-8)35(49)26-33)44(56)50-29-47(4,5)46(58)61-39)31(3)42-43(62-42)34-16-13-32(14-17-34)28-52-21-23-53(24-22-52)41(55)19-20-48(6,7)64-63-9/h10,12-18,26,30-31,36-37,39,42-43H,11,19-25,27-29H2,1-9H3,(H,50,56)(H,51,54)/b12-10+/t31-,36+,37-,39-,42-,43+/m0/s1.